The van der Waals surface area contributed by atoms with E-state index in [9.17, 15) is 22.0 Å². The molecule has 3 rings (SSSR count). The van der Waals surface area contributed by atoms with Crippen LogP contribution in [0.5, 0.6) is 0 Å². The molecule has 1 aliphatic heterocycles. The van der Waals surface area contributed by atoms with Crippen molar-refractivity contribution < 1.29 is 22.0 Å². The number of piperazine rings is 1. The molecule has 9 heteroatoms. The van der Waals surface area contributed by atoms with Crippen LogP contribution in [-0.2, 0) is 14.8 Å². The Morgan fingerprint density at radius 2 is 1.63 bits per heavy atom. The molecule has 1 aliphatic rings. The molecule has 1 heterocycles. The number of para-hydroxylation sites is 1. The minimum Gasteiger partial charge on any atom is -0.309 e. The van der Waals surface area contributed by atoms with Crippen LogP contribution in [0.3, 0.4) is 0 Å². The summed E-state index contributed by atoms with van der Waals surface area (Å²) in [5.74, 6) is -2.35. The summed E-state index contributed by atoms with van der Waals surface area (Å²) in [6.07, 6.45) is 0. The summed E-state index contributed by atoms with van der Waals surface area (Å²) in [5.41, 5.74) is 0.817. The highest BCUT2D eigenvalue weighted by Gasteiger charge is 2.30. The quantitative estimate of drug-likeness (QED) is 0.697. The summed E-state index contributed by atoms with van der Waals surface area (Å²) in [5, 5.41) is 0. The molecule has 0 aliphatic carbocycles. The second-order valence-corrected chi connectivity index (χ2v) is 9.39. The van der Waals surface area contributed by atoms with Gasteiger partial charge in [-0.05, 0) is 44.2 Å². The van der Waals surface area contributed by atoms with Crippen LogP contribution in [0.15, 0.2) is 53.4 Å². The highest BCUT2D eigenvalue weighted by Crippen LogP contribution is 2.21. The fourth-order valence-electron chi connectivity index (χ4n) is 3.50. The molecule has 0 aromatic heterocycles. The molecule has 1 saturated heterocycles. The summed E-state index contributed by atoms with van der Waals surface area (Å²) >= 11 is 0. The van der Waals surface area contributed by atoms with Crippen LogP contribution in [0.1, 0.15) is 13.8 Å². The second-order valence-electron chi connectivity index (χ2n) is 7.45. The number of benzene rings is 2. The molecule has 0 unspecified atom stereocenters. The van der Waals surface area contributed by atoms with Crippen molar-refractivity contribution >= 4 is 21.6 Å². The normalized spacial score (nSPS) is 16.0. The van der Waals surface area contributed by atoms with Gasteiger partial charge >= 0.3 is 0 Å². The number of halogens is 2. The first-order valence-electron chi connectivity index (χ1n) is 9.75. The zero-order valence-corrected chi connectivity index (χ0v) is 17.8. The van der Waals surface area contributed by atoms with Gasteiger partial charge in [0, 0.05) is 37.9 Å². The van der Waals surface area contributed by atoms with Gasteiger partial charge in [0.2, 0.25) is 15.9 Å². The minimum absolute atomic E-state index is 0.0186. The maximum Gasteiger partial charge on any atom is 0.243 e. The summed E-state index contributed by atoms with van der Waals surface area (Å²) in [6, 6.07) is 11.9. The summed E-state index contributed by atoms with van der Waals surface area (Å²) in [7, 11) is -3.92. The second kappa shape index (κ2) is 9.20. The van der Waals surface area contributed by atoms with Gasteiger partial charge in [0.25, 0.3) is 0 Å². The largest absolute Gasteiger partial charge is 0.309 e. The number of amides is 1. The van der Waals surface area contributed by atoms with Gasteiger partial charge in [0.15, 0.2) is 11.6 Å². The maximum atomic E-state index is 13.5. The summed E-state index contributed by atoms with van der Waals surface area (Å²) in [4.78, 5) is 16.2. The predicted molar refractivity (Wildman–Crippen MR) is 111 cm³/mol. The van der Waals surface area contributed by atoms with E-state index in [4.69, 9.17) is 0 Å². The fraction of sp³-hybridized carbons (Fsp3) is 0.381. The number of hydrogen-bond acceptors (Lipinski definition) is 4. The van der Waals surface area contributed by atoms with Crippen molar-refractivity contribution in [1.29, 1.82) is 0 Å². The molecule has 0 saturated carbocycles. The first-order chi connectivity index (χ1) is 14.2. The molecular formula is C21H25F2N3O3S. The lowest BCUT2D eigenvalue weighted by molar-refractivity contribution is -0.120. The van der Waals surface area contributed by atoms with Crippen molar-refractivity contribution in [1.82, 2.24) is 9.21 Å². The first kappa shape index (κ1) is 22.3. The predicted octanol–water partition coefficient (Wildman–Crippen LogP) is 2.71. The molecule has 6 nitrogen and oxygen atoms in total. The van der Waals surface area contributed by atoms with Gasteiger partial charge in [0.1, 0.15) is 0 Å². The van der Waals surface area contributed by atoms with E-state index in [1.165, 1.54) is 4.31 Å². The molecule has 1 amide bonds. The molecule has 0 N–H and O–H groups in total. The Morgan fingerprint density at radius 1 is 1.00 bits per heavy atom. The smallest absolute Gasteiger partial charge is 0.243 e. The Bertz CT molecular complexity index is 992. The van der Waals surface area contributed by atoms with Crippen LogP contribution in [-0.4, -0.2) is 62.3 Å². The summed E-state index contributed by atoms with van der Waals surface area (Å²) in [6.45, 7) is 5.13. The topological polar surface area (TPSA) is 60.9 Å². The number of rotatable bonds is 6. The van der Waals surface area contributed by atoms with E-state index < -0.39 is 21.7 Å². The highest BCUT2D eigenvalue weighted by atomic mass is 32.2. The molecule has 162 valence electrons. The third-order valence-corrected chi connectivity index (χ3v) is 6.93. The van der Waals surface area contributed by atoms with Crippen LogP contribution in [0.25, 0.3) is 0 Å². The van der Waals surface area contributed by atoms with Crippen LogP contribution in [0, 0.1) is 11.6 Å². The summed E-state index contributed by atoms with van der Waals surface area (Å²) < 4.78 is 53.2. The third-order valence-electron chi connectivity index (χ3n) is 5.04. The Labute approximate surface area is 175 Å². The van der Waals surface area contributed by atoms with Crippen molar-refractivity contribution in [3.63, 3.8) is 0 Å². The molecule has 0 radical (unpaired) electrons. The molecule has 2 aromatic rings. The number of carbonyl (C=O) groups excluding carboxylic acids is 1. The van der Waals surface area contributed by atoms with Crippen molar-refractivity contribution in [3.8, 4) is 0 Å². The number of hydrogen-bond donors (Lipinski definition) is 0. The highest BCUT2D eigenvalue weighted by molar-refractivity contribution is 7.89. The van der Waals surface area contributed by atoms with Crippen LogP contribution >= 0.6 is 0 Å². The van der Waals surface area contributed by atoms with Gasteiger partial charge in [0.05, 0.1) is 11.4 Å². The van der Waals surface area contributed by atoms with Crippen molar-refractivity contribution in [2.75, 3.05) is 37.6 Å². The average Bonchev–Trinajstić information content (AvgIpc) is 2.71. The van der Waals surface area contributed by atoms with Gasteiger partial charge < -0.3 is 4.90 Å². The molecule has 0 bridgehead atoms. The standard InChI is InChI=1S/C21H25F2N3O3S/c1-16(2)26(17-6-4-3-5-7-17)21(27)15-24-10-12-25(13-11-24)30(28,29)18-8-9-19(22)20(23)14-18/h3-9,14,16H,10-13,15H2,1-2H3. The van der Waals surface area contributed by atoms with E-state index in [2.05, 4.69) is 0 Å². The molecular weight excluding hydrogens is 412 g/mol. The van der Waals surface area contributed by atoms with Gasteiger partial charge in [-0.2, -0.15) is 4.31 Å². The lowest BCUT2D eigenvalue weighted by Gasteiger charge is -2.35. The average molecular weight is 438 g/mol. The van der Waals surface area contributed by atoms with Crippen LogP contribution in [0.2, 0.25) is 0 Å². The van der Waals surface area contributed by atoms with Gasteiger partial charge in [-0.1, -0.05) is 18.2 Å². The first-order valence-corrected chi connectivity index (χ1v) is 11.2. The number of carbonyl (C=O) groups is 1. The van der Waals surface area contributed by atoms with E-state index in [1.54, 1.807) is 4.90 Å². The van der Waals surface area contributed by atoms with E-state index in [1.807, 2.05) is 49.1 Å². The van der Waals surface area contributed by atoms with Crippen molar-refractivity contribution in [2.45, 2.75) is 24.8 Å². The SMILES string of the molecule is CC(C)N(C(=O)CN1CCN(S(=O)(=O)c2ccc(F)c(F)c2)CC1)c1ccccc1. The fourth-order valence-corrected chi connectivity index (χ4v) is 4.94. The van der Waals surface area contributed by atoms with Gasteiger partial charge in [-0.3, -0.25) is 9.69 Å². The lowest BCUT2D eigenvalue weighted by atomic mass is 10.2. The van der Waals surface area contributed by atoms with E-state index >= 15 is 0 Å². The maximum absolute atomic E-state index is 13.5. The molecule has 0 atom stereocenters. The van der Waals surface area contributed by atoms with Crippen LogP contribution in [0.4, 0.5) is 14.5 Å². The zero-order chi connectivity index (χ0) is 21.9. The number of sulfonamides is 1. The van der Waals surface area contributed by atoms with E-state index in [0.29, 0.717) is 19.2 Å². The van der Waals surface area contributed by atoms with Gasteiger partial charge in [-0.25, -0.2) is 17.2 Å². The molecule has 30 heavy (non-hydrogen) atoms. The Balaban J connectivity index is 1.63. The Morgan fingerprint density at radius 3 is 2.20 bits per heavy atom. The number of anilines is 1. The molecule has 1 fully saturated rings. The minimum atomic E-state index is -3.92. The monoisotopic (exact) mass is 437 g/mol. The zero-order valence-electron chi connectivity index (χ0n) is 17.0. The van der Waals surface area contributed by atoms with Crippen LogP contribution < -0.4 is 4.90 Å². The van der Waals surface area contributed by atoms with Crippen molar-refractivity contribution in [2.24, 2.45) is 0 Å². The Kier molecular flexibility index (Phi) is 6.84. The Hall–Kier alpha value is -2.36. The van der Waals surface area contributed by atoms with E-state index in [-0.39, 0.29) is 36.5 Å². The van der Waals surface area contributed by atoms with Crippen molar-refractivity contribution in [3.05, 3.63) is 60.2 Å². The van der Waals surface area contributed by atoms with Gasteiger partial charge in [-0.15, -0.1) is 0 Å². The van der Waals surface area contributed by atoms with E-state index in [0.717, 1.165) is 17.8 Å². The molecule has 2 aromatic carbocycles. The number of nitrogens with zero attached hydrogens (tertiary/aromatic N) is 3. The third kappa shape index (κ3) is 4.85. The molecule has 0 spiro atoms. The lowest BCUT2D eigenvalue weighted by Crippen LogP contribution is -2.52.